The molecule has 19 heavy (non-hydrogen) atoms. The third-order valence-corrected chi connectivity index (χ3v) is 2.75. The third kappa shape index (κ3) is 6.60. The lowest BCUT2D eigenvalue weighted by Crippen LogP contribution is -2.03. The Morgan fingerprint density at radius 1 is 1.21 bits per heavy atom. The van der Waals surface area contributed by atoms with Gasteiger partial charge in [0.2, 0.25) is 0 Å². The van der Waals surface area contributed by atoms with E-state index < -0.39 is 5.97 Å². The van der Waals surface area contributed by atoms with E-state index in [4.69, 9.17) is 9.84 Å². The minimum absolute atomic E-state index is 0.0522. The molecule has 0 spiro atoms. The predicted octanol–water partition coefficient (Wildman–Crippen LogP) is 2.59. The van der Waals surface area contributed by atoms with Gasteiger partial charge in [0.15, 0.2) is 0 Å². The van der Waals surface area contributed by atoms with Crippen molar-refractivity contribution in [2.24, 2.45) is 0 Å². The first kappa shape index (κ1) is 15.2. The molecule has 0 aliphatic carbocycles. The molecule has 0 aliphatic rings. The van der Waals surface area contributed by atoms with Crippen molar-refractivity contribution in [3.63, 3.8) is 0 Å². The summed E-state index contributed by atoms with van der Waals surface area (Å²) in [5.41, 5.74) is 1.93. The molecule has 104 valence electrons. The molecule has 0 fully saturated rings. The van der Waals surface area contributed by atoms with E-state index in [1.54, 1.807) is 6.92 Å². The first-order valence-electron chi connectivity index (χ1n) is 6.57. The largest absolute Gasteiger partial charge is 0.481 e. The fraction of sp³-hybridized carbons (Fsp3) is 0.467. The summed E-state index contributed by atoms with van der Waals surface area (Å²) in [5.74, 6) is -0.971. The zero-order valence-electron chi connectivity index (χ0n) is 11.2. The maximum Gasteiger partial charge on any atom is 0.307 e. The zero-order chi connectivity index (χ0) is 14.1. The number of carboxylic acid groups (broad SMARTS) is 1. The summed E-state index contributed by atoms with van der Waals surface area (Å²) in [6.45, 7) is 2.22. The van der Waals surface area contributed by atoms with Gasteiger partial charge in [0.1, 0.15) is 0 Å². The van der Waals surface area contributed by atoms with Gasteiger partial charge in [-0.15, -0.1) is 0 Å². The molecule has 0 amide bonds. The van der Waals surface area contributed by atoms with Crippen LogP contribution in [0.1, 0.15) is 37.3 Å². The Morgan fingerprint density at radius 3 is 2.63 bits per heavy atom. The Morgan fingerprint density at radius 2 is 1.95 bits per heavy atom. The fourth-order valence-electron chi connectivity index (χ4n) is 1.90. The van der Waals surface area contributed by atoms with E-state index in [9.17, 15) is 9.59 Å². The molecule has 0 radical (unpaired) electrons. The molecule has 0 saturated carbocycles. The van der Waals surface area contributed by atoms with Crippen molar-refractivity contribution in [2.75, 3.05) is 6.61 Å². The molecule has 0 unspecified atom stereocenters. The molecule has 1 rings (SSSR count). The number of carbonyl (C=O) groups excluding carboxylic acids is 1. The van der Waals surface area contributed by atoms with Gasteiger partial charge < -0.3 is 9.84 Å². The quantitative estimate of drug-likeness (QED) is 0.579. The minimum Gasteiger partial charge on any atom is -0.481 e. The highest BCUT2D eigenvalue weighted by molar-refractivity contribution is 5.70. The lowest BCUT2D eigenvalue weighted by Gasteiger charge is -2.04. The number of unbranched alkanes of at least 4 members (excludes halogenated alkanes) is 1. The summed E-state index contributed by atoms with van der Waals surface area (Å²) >= 11 is 0. The monoisotopic (exact) mass is 264 g/mol. The van der Waals surface area contributed by atoms with Crippen LogP contribution in [0.2, 0.25) is 0 Å². The average molecular weight is 264 g/mol. The summed E-state index contributed by atoms with van der Waals surface area (Å²) in [6, 6.07) is 7.59. The first-order chi connectivity index (χ1) is 9.11. The lowest BCUT2D eigenvalue weighted by molar-refractivity contribution is -0.143. The second-order valence-electron chi connectivity index (χ2n) is 4.40. The second-order valence-corrected chi connectivity index (χ2v) is 4.40. The second kappa shape index (κ2) is 8.29. The molecule has 0 heterocycles. The van der Waals surface area contributed by atoms with Crippen LogP contribution in [0.5, 0.6) is 0 Å². The van der Waals surface area contributed by atoms with Gasteiger partial charge in [-0.25, -0.2) is 0 Å². The Labute approximate surface area is 113 Å². The Kier molecular flexibility index (Phi) is 6.64. The maximum atomic E-state index is 11.1. The molecule has 0 atom stereocenters. The fourth-order valence-corrected chi connectivity index (χ4v) is 1.90. The van der Waals surface area contributed by atoms with Crippen molar-refractivity contribution in [1.29, 1.82) is 0 Å². The smallest absolute Gasteiger partial charge is 0.307 e. The maximum absolute atomic E-state index is 11.1. The van der Waals surface area contributed by atoms with Gasteiger partial charge in [0.05, 0.1) is 13.0 Å². The van der Waals surface area contributed by atoms with Crippen LogP contribution >= 0.6 is 0 Å². The van der Waals surface area contributed by atoms with Gasteiger partial charge >= 0.3 is 11.9 Å². The van der Waals surface area contributed by atoms with Crippen molar-refractivity contribution in [3.8, 4) is 0 Å². The minimum atomic E-state index is -0.820. The van der Waals surface area contributed by atoms with Gasteiger partial charge in [-0.3, -0.25) is 9.59 Å². The van der Waals surface area contributed by atoms with E-state index in [1.165, 1.54) is 0 Å². The number of rotatable bonds is 8. The zero-order valence-corrected chi connectivity index (χ0v) is 11.2. The standard InChI is InChI=1S/C15H20O4/c1-2-19-15(18)9-4-3-6-12-7-5-8-13(10-12)11-14(16)17/h5,7-8,10H,2-4,6,9,11H2,1H3,(H,16,17). The number of carbonyl (C=O) groups is 2. The number of aliphatic carboxylic acids is 1. The molecule has 0 aromatic heterocycles. The van der Waals surface area contributed by atoms with Gasteiger partial charge in [-0.1, -0.05) is 24.3 Å². The third-order valence-electron chi connectivity index (χ3n) is 2.75. The lowest BCUT2D eigenvalue weighted by atomic mass is 10.0. The number of aryl methyl sites for hydroxylation is 1. The Bertz CT molecular complexity index is 426. The van der Waals surface area contributed by atoms with Crippen LogP contribution < -0.4 is 0 Å². The molecule has 0 saturated heterocycles. The summed E-state index contributed by atoms with van der Waals surface area (Å²) in [5, 5.41) is 8.73. The number of carboxylic acids is 1. The van der Waals surface area contributed by atoms with Crippen LogP contribution in [0, 0.1) is 0 Å². The molecule has 0 aliphatic heterocycles. The highest BCUT2D eigenvalue weighted by Gasteiger charge is 2.03. The van der Waals surface area contributed by atoms with E-state index in [0.717, 1.165) is 30.4 Å². The van der Waals surface area contributed by atoms with E-state index in [-0.39, 0.29) is 12.4 Å². The molecular weight excluding hydrogens is 244 g/mol. The van der Waals surface area contributed by atoms with E-state index in [2.05, 4.69) is 0 Å². The molecule has 0 bridgehead atoms. The van der Waals surface area contributed by atoms with Crippen LogP contribution in [0.3, 0.4) is 0 Å². The van der Waals surface area contributed by atoms with E-state index >= 15 is 0 Å². The number of hydrogen-bond donors (Lipinski definition) is 1. The first-order valence-corrected chi connectivity index (χ1v) is 6.57. The van der Waals surface area contributed by atoms with Crippen molar-refractivity contribution >= 4 is 11.9 Å². The predicted molar refractivity (Wildman–Crippen MR) is 72.0 cm³/mol. The molecule has 1 N–H and O–H groups in total. The number of ether oxygens (including phenoxy) is 1. The molecule has 1 aromatic rings. The van der Waals surface area contributed by atoms with Crippen molar-refractivity contribution in [2.45, 2.75) is 39.0 Å². The Balaban J connectivity index is 2.33. The van der Waals surface area contributed by atoms with Crippen LogP contribution in [0.25, 0.3) is 0 Å². The van der Waals surface area contributed by atoms with Gasteiger partial charge in [0.25, 0.3) is 0 Å². The SMILES string of the molecule is CCOC(=O)CCCCc1cccc(CC(=O)O)c1. The molecule has 1 aromatic carbocycles. The Hall–Kier alpha value is -1.84. The highest BCUT2D eigenvalue weighted by Crippen LogP contribution is 2.10. The number of esters is 1. The number of benzene rings is 1. The molecule has 4 nitrogen and oxygen atoms in total. The normalized spacial score (nSPS) is 10.2. The molecule has 4 heteroatoms. The summed E-state index contributed by atoms with van der Waals surface area (Å²) in [7, 11) is 0. The van der Waals surface area contributed by atoms with Crippen molar-refractivity contribution in [1.82, 2.24) is 0 Å². The van der Waals surface area contributed by atoms with Gasteiger partial charge in [-0.05, 0) is 37.3 Å². The van der Waals surface area contributed by atoms with Gasteiger partial charge in [-0.2, -0.15) is 0 Å². The van der Waals surface area contributed by atoms with E-state index in [1.807, 2.05) is 24.3 Å². The number of hydrogen-bond acceptors (Lipinski definition) is 3. The summed E-state index contributed by atoms with van der Waals surface area (Å²) in [6.07, 6.45) is 3.05. The van der Waals surface area contributed by atoms with Crippen LogP contribution in [-0.2, 0) is 27.2 Å². The molecular formula is C15H20O4. The van der Waals surface area contributed by atoms with Crippen LogP contribution in [-0.4, -0.2) is 23.7 Å². The van der Waals surface area contributed by atoms with Crippen molar-refractivity contribution in [3.05, 3.63) is 35.4 Å². The van der Waals surface area contributed by atoms with Gasteiger partial charge in [0, 0.05) is 6.42 Å². The van der Waals surface area contributed by atoms with Crippen LogP contribution in [0.15, 0.2) is 24.3 Å². The highest BCUT2D eigenvalue weighted by atomic mass is 16.5. The van der Waals surface area contributed by atoms with E-state index in [0.29, 0.717) is 13.0 Å². The summed E-state index contributed by atoms with van der Waals surface area (Å²) in [4.78, 5) is 21.8. The van der Waals surface area contributed by atoms with Crippen LogP contribution in [0.4, 0.5) is 0 Å². The summed E-state index contributed by atoms with van der Waals surface area (Å²) < 4.78 is 4.85. The van der Waals surface area contributed by atoms with Crippen molar-refractivity contribution < 1.29 is 19.4 Å². The average Bonchev–Trinajstić information content (AvgIpc) is 2.35. The topological polar surface area (TPSA) is 63.6 Å².